The summed E-state index contributed by atoms with van der Waals surface area (Å²) in [4.78, 5) is 15.4. The van der Waals surface area contributed by atoms with Crippen LogP contribution in [0.4, 0.5) is 11.4 Å². The molecule has 1 atom stereocenters. The maximum Gasteiger partial charge on any atom is 0.247 e. The molecule has 0 spiro atoms. The van der Waals surface area contributed by atoms with Crippen LogP contribution in [-0.4, -0.2) is 36.7 Å². The summed E-state index contributed by atoms with van der Waals surface area (Å²) in [5, 5.41) is 8.30. The highest BCUT2D eigenvalue weighted by atomic mass is 35.5. The summed E-state index contributed by atoms with van der Waals surface area (Å²) in [5.74, 6) is -0.0394. The minimum absolute atomic E-state index is 0.0394. The Kier molecular flexibility index (Phi) is 5.52. The molecule has 2 heterocycles. The molecule has 1 unspecified atom stereocenters. The van der Waals surface area contributed by atoms with Crippen LogP contribution in [0.1, 0.15) is 24.1 Å². The number of fused-ring (bicyclic) bond motifs is 1. The van der Waals surface area contributed by atoms with Crippen LogP contribution in [0.2, 0.25) is 5.02 Å². The maximum absolute atomic E-state index is 13.1. The van der Waals surface area contributed by atoms with Crippen LogP contribution < -0.4 is 15.5 Å². The van der Waals surface area contributed by atoms with Crippen LogP contribution in [0, 0.1) is 13.8 Å². The Morgan fingerprint density at radius 1 is 1.10 bits per heavy atom. The average molecular weight is 411 g/mol. The zero-order valence-corrected chi connectivity index (χ0v) is 17.9. The quantitative estimate of drug-likeness (QED) is 0.664. The molecule has 152 valence electrons. The van der Waals surface area contributed by atoms with Crippen molar-refractivity contribution in [2.45, 2.75) is 26.8 Å². The van der Waals surface area contributed by atoms with Crippen molar-refractivity contribution in [3.63, 3.8) is 0 Å². The predicted octanol–water partition coefficient (Wildman–Crippen LogP) is 4.52. The molecule has 0 saturated carbocycles. The summed E-state index contributed by atoms with van der Waals surface area (Å²) in [6.07, 6.45) is 2.02. The lowest BCUT2D eigenvalue weighted by molar-refractivity contribution is -0.118. The SMILES string of the molecule is Cc1ccc(N2CCNCC2)cc1NC(=O)C(C)n1cc(C)c2ccc(Cl)cc21. The van der Waals surface area contributed by atoms with Gasteiger partial charge in [0.05, 0.1) is 5.52 Å². The van der Waals surface area contributed by atoms with Crippen molar-refractivity contribution >= 4 is 39.8 Å². The van der Waals surface area contributed by atoms with Crippen molar-refractivity contribution in [1.29, 1.82) is 0 Å². The van der Waals surface area contributed by atoms with E-state index in [1.165, 1.54) is 0 Å². The molecule has 2 aromatic carbocycles. The molecule has 0 aliphatic carbocycles. The van der Waals surface area contributed by atoms with Gasteiger partial charge >= 0.3 is 0 Å². The molecule has 1 aliphatic rings. The van der Waals surface area contributed by atoms with Gasteiger partial charge in [0, 0.05) is 54.2 Å². The Morgan fingerprint density at radius 3 is 2.62 bits per heavy atom. The molecule has 1 aliphatic heterocycles. The third-order valence-corrected chi connectivity index (χ3v) is 5.99. The van der Waals surface area contributed by atoms with E-state index in [2.05, 4.69) is 40.7 Å². The van der Waals surface area contributed by atoms with Crippen molar-refractivity contribution in [3.8, 4) is 0 Å². The molecule has 1 amide bonds. The topological polar surface area (TPSA) is 49.3 Å². The zero-order valence-electron chi connectivity index (χ0n) is 17.1. The second-order valence-electron chi connectivity index (χ2n) is 7.78. The van der Waals surface area contributed by atoms with Gasteiger partial charge in [-0.05, 0) is 56.2 Å². The van der Waals surface area contributed by atoms with E-state index in [0.29, 0.717) is 5.02 Å². The Bertz CT molecular complexity index is 1050. The zero-order chi connectivity index (χ0) is 20.5. The molecule has 0 radical (unpaired) electrons. The van der Waals surface area contributed by atoms with Gasteiger partial charge in [0.15, 0.2) is 0 Å². The first-order chi connectivity index (χ1) is 13.9. The van der Waals surface area contributed by atoms with Gasteiger partial charge < -0.3 is 20.1 Å². The van der Waals surface area contributed by atoms with Crippen molar-refractivity contribution in [3.05, 3.63) is 58.7 Å². The molecule has 4 rings (SSSR count). The molecule has 0 bridgehead atoms. The van der Waals surface area contributed by atoms with Crippen LogP contribution in [-0.2, 0) is 4.79 Å². The van der Waals surface area contributed by atoms with Gasteiger partial charge in [-0.25, -0.2) is 0 Å². The van der Waals surface area contributed by atoms with Gasteiger partial charge in [-0.1, -0.05) is 23.7 Å². The molecule has 1 saturated heterocycles. The van der Waals surface area contributed by atoms with E-state index in [0.717, 1.165) is 59.6 Å². The lowest BCUT2D eigenvalue weighted by Crippen LogP contribution is -2.43. The normalized spacial score (nSPS) is 15.5. The predicted molar refractivity (Wildman–Crippen MR) is 121 cm³/mol. The summed E-state index contributed by atoms with van der Waals surface area (Å²) < 4.78 is 2.00. The number of aromatic nitrogens is 1. The Labute approximate surface area is 176 Å². The smallest absolute Gasteiger partial charge is 0.247 e. The molecule has 5 nitrogen and oxygen atoms in total. The number of carbonyl (C=O) groups is 1. The lowest BCUT2D eigenvalue weighted by atomic mass is 10.1. The van der Waals surface area contributed by atoms with Crippen molar-refractivity contribution in [2.75, 3.05) is 36.4 Å². The summed E-state index contributed by atoms with van der Waals surface area (Å²) in [7, 11) is 0. The number of nitrogens with one attached hydrogen (secondary N) is 2. The second-order valence-corrected chi connectivity index (χ2v) is 8.22. The average Bonchev–Trinajstić information content (AvgIpc) is 3.05. The number of nitrogens with zero attached hydrogens (tertiary/aromatic N) is 2. The monoisotopic (exact) mass is 410 g/mol. The fraction of sp³-hybridized carbons (Fsp3) is 0.348. The van der Waals surface area contributed by atoms with E-state index in [1.807, 2.05) is 42.8 Å². The van der Waals surface area contributed by atoms with Crippen molar-refractivity contribution in [2.24, 2.45) is 0 Å². The molecule has 2 N–H and O–H groups in total. The highest BCUT2D eigenvalue weighted by Crippen LogP contribution is 2.29. The van der Waals surface area contributed by atoms with Gasteiger partial charge in [0.25, 0.3) is 0 Å². The van der Waals surface area contributed by atoms with Crippen molar-refractivity contribution in [1.82, 2.24) is 9.88 Å². The standard InChI is InChI=1S/C23H27ClN4O/c1-15-4-6-19(27-10-8-25-9-11-27)13-21(15)26-23(29)17(3)28-14-16(2)20-7-5-18(24)12-22(20)28/h4-7,12-14,17,25H,8-11H2,1-3H3,(H,26,29). The third kappa shape index (κ3) is 3.98. The number of hydrogen-bond acceptors (Lipinski definition) is 3. The van der Waals surface area contributed by atoms with E-state index < -0.39 is 0 Å². The number of carbonyl (C=O) groups excluding carboxylic acids is 1. The van der Waals surface area contributed by atoms with Gasteiger partial charge in [0.1, 0.15) is 6.04 Å². The van der Waals surface area contributed by atoms with Crippen LogP contribution in [0.5, 0.6) is 0 Å². The molecule has 1 aromatic heterocycles. The molecule has 6 heteroatoms. The Morgan fingerprint density at radius 2 is 1.86 bits per heavy atom. The summed E-state index contributed by atoms with van der Waals surface area (Å²) in [5.41, 5.74) is 5.18. The van der Waals surface area contributed by atoms with Crippen LogP contribution >= 0.6 is 11.6 Å². The van der Waals surface area contributed by atoms with Gasteiger partial charge in [-0.2, -0.15) is 0 Å². The van der Waals surface area contributed by atoms with Gasteiger partial charge in [0.2, 0.25) is 5.91 Å². The molecule has 3 aromatic rings. The van der Waals surface area contributed by atoms with E-state index in [4.69, 9.17) is 11.6 Å². The first kappa shape index (κ1) is 19.8. The summed E-state index contributed by atoms with van der Waals surface area (Å²) in [6, 6.07) is 11.8. The van der Waals surface area contributed by atoms with Crippen LogP contribution in [0.25, 0.3) is 10.9 Å². The number of piperazine rings is 1. The highest BCUT2D eigenvalue weighted by molar-refractivity contribution is 6.31. The van der Waals surface area contributed by atoms with Gasteiger partial charge in [-0.15, -0.1) is 0 Å². The summed E-state index contributed by atoms with van der Waals surface area (Å²) in [6.45, 7) is 9.91. The lowest BCUT2D eigenvalue weighted by Gasteiger charge is -2.30. The highest BCUT2D eigenvalue weighted by Gasteiger charge is 2.20. The number of rotatable bonds is 4. The minimum atomic E-state index is -0.355. The maximum atomic E-state index is 13.1. The number of hydrogen-bond donors (Lipinski definition) is 2. The molecule has 1 fully saturated rings. The minimum Gasteiger partial charge on any atom is -0.369 e. The largest absolute Gasteiger partial charge is 0.369 e. The third-order valence-electron chi connectivity index (χ3n) is 5.75. The number of aryl methyl sites for hydroxylation is 2. The van der Waals surface area contributed by atoms with E-state index in [-0.39, 0.29) is 11.9 Å². The van der Waals surface area contributed by atoms with Crippen molar-refractivity contribution < 1.29 is 4.79 Å². The number of halogens is 1. The first-order valence-corrected chi connectivity index (χ1v) is 10.5. The van der Waals surface area contributed by atoms with Crippen LogP contribution in [0.3, 0.4) is 0 Å². The van der Waals surface area contributed by atoms with E-state index >= 15 is 0 Å². The van der Waals surface area contributed by atoms with E-state index in [9.17, 15) is 4.79 Å². The molecule has 29 heavy (non-hydrogen) atoms. The second kappa shape index (κ2) is 8.09. The van der Waals surface area contributed by atoms with Gasteiger partial charge in [-0.3, -0.25) is 4.79 Å². The first-order valence-electron chi connectivity index (χ1n) is 10.1. The van der Waals surface area contributed by atoms with Crippen LogP contribution in [0.15, 0.2) is 42.6 Å². The Balaban J connectivity index is 1.59. The fourth-order valence-electron chi connectivity index (χ4n) is 3.95. The molecular formula is C23H27ClN4O. The number of benzene rings is 2. The Hall–Kier alpha value is -2.50. The van der Waals surface area contributed by atoms with E-state index in [1.54, 1.807) is 0 Å². The summed E-state index contributed by atoms with van der Waals surface area (Å²) >= 11 is 6.20. The number of anilines is 2. The molecular weight excluding hydrogens is 384 g/mol. The number of amides is 1. The fourth-order valence-corrected chi connectivity index (χ4v) is 4.11.